The second-order valence-corrected chi connectivity index (χ2v) is 26.9. The van der Waals surface area contributed by atoms with Crippen molar-refractivity contribution in [3.8, 4) is 28.6 Å². The fraction of sp³-hybridized carbons (Fsp3) is 0.269. The van der Waals surface area contributed by atoms with Crippen LogP contribution in [0.1, 0.15) is 73.4 Å². The molecule has 3 N–H and O–H groups in total. The smallest absolute Gasteiger partial charge is 0.338 e. The largest absolute Gasteiger partial charge is 0.466 e. The van der Waals surface area contributed by atoms with Gasteiger partial charge < -0.3 is 34.9 Å². The number of nitrogens with one attached hydrogen (secondary N) is 3. The Morgan fingerprint density at radius 2 is 1.17 bits per heavy atom. The van der Waals surface area contributed by atoms with Gasteiger partial charge in [0.05, 0.1) is 79.8 Å². The maximum atomic E-state index is 14.0. The number of fused-ring (bicyclic) bond motifs is 2. The summed E-state index contributed by atoms with van der Waals surface area (Å²) < 4.78 is 38.5. The Bertz CT molecular complexity index is 4670. The van der Waals surface area contributed by atoms with Crippen molar-refractivity contribution in [3.05, 3.63) is 196 Å². The molecule has 10 heterocycles. The molecule has 4 fully saturated rings. The second-order valence-electron chi connectivity index (χ2n) is 23.4. The molecule has 4 atom stereocenters. The molecule has 0 saturated carbocycles. The number of carbonyl (C=O) groups excluding carboxylic acids is 6. The number of Topliss-reactive ketones (excluding diaryl/α,β-unsaturated/α-hetero) is 2. The van der Waals surface area contributed by atoms with Gasteiger partial charge in [0.25, 0.3) is 0 Å². The predicted molar refractivity (Wildman–Crippen MR) is 366 cm³/mol. The minimum Gasteiger partial charge on any atom is -0.466 e. The van der Waals surface area contributed by atoms with Crippen LogP contribution in [0.3, 0.4) is 0 Å². The topological polar surface area (TPSA) is 280 Å². The number of nitrogens with zero attached hydrogens (tertiary/aromatic N) is 13. The van der Waals surface area contributed by atoms with E-state index >= 15 is 0 Å². The molecular weight excluding hydrogens is 1360 g/mol. The zero-order valence-corrected chi connectivity index (χ0v) is 56.6. The molecule has 0 unspecified atom stereocenters. The van der Waals surface area contributed by atoms with Gasteiger partial charge in [0.1, 0.15) is 23.7 Å². The van der Waals surface area contributed by atoms with Crippen LogP contribution >= 0.6 is 57.2 Å². The van der Waals surface area contributed by atoms with E-state index in [1.54, 1.807) is 64.1 Å². The summed E-state index contributed by atoms with van der Waals surface area (Å²) >= 11 is 17.1. The molecule has 0 aliphatic carbocycles. The number of ether oxygens (including phenoxy) is 2. The van der Waals surface area contributed by atoms with Crippen LogP contribution in [-0.4, -0.2) is 184 Å². The molecule has 6 aliphatic heterocycles. The van der Waals surface area contributed by atoms with E-state index in [2.05, 4.69) is 46.4 Å². The minimum atomic E-state index is -0.880. The van der Waals surface area contributed by atoms with E-state index in [9.17, 15) is 42.8 Å². The van der Waals surface area contributed by atoms with Crippen LogP contribution in [0, 0.1) is 23.0 Å². The molecule has 0 spiro atoms. The SMILES string of the molecule is COC(=O)C1=C(CN2CCN3C(=O)N(c4nc(-c5ccc(C(C)=O)cc5C#N)cs4)C[C@@H]3C2)NC(c2nccs2)=N[C@H]1c1ccc(F)cc1Cl.COC(=O)C1=C(CN2CCN3C(=O)N(c4ncc(-c5ccc(C(C)=O)cc5)[nH]4)C[C@@H]3C2)NC(c2nccs2)=N[C@H]1c1ccc(F)cc1Cl. The average molecular weight is 1420 g/mol. The number of aliphatic imine (C=N–C) groups is 2. The molecule has 4 amide bonds. The highest BCUT2D eigenvalue weighted by atomic mass is 35.5. The minimum absolute atomic E-state index is 0.0116. The Hall–Kier alpha value is -9.93. The lowest BCUT2D eigenvalue weighted by Crippen LogP contribution is -2.53. The number of amidine groups is 2. The highest BCUT2D eigenvalue weighted by Crippen LogP contribution is 2.41. The number of halogens is 4. The number of anilines is 2. The van der Waals surface area contributed by atoms with Gasteiger partial charge in [-0.2, -0.15) is 5.26 Å². The Kier molecular flexibility index (Phi) is 19.2. The molecule has 14 rings (SSSR count). The van der Waals surface area contributed by atoms with E-state index in [1.165, 1.54) is 98.5 Å². The number of ketones is 2. The van der Waals surface area contributed by atoms with E-state index < -0.39 is 35.7 Å². The van der Waals surface area contributed by atoms with Crippen molar-refractivity contribution >= 4 is 116 Å². The average Bonchev–Trinajstić information content (AvgIpc) is 1.36. The van der Waals surface area contributed by atoms with Gasteiger partial charge in [-0.1, -0.05) is 71.7 Å². The van der Waals surface area contributed by atoms with E-state index in [-0.39, 0.29) is 56.9 Å². The standard InChI is InChI=1S/C34H28ClFN8O4S2.C33H30ClFN8O4S/c1-18(45)19-3-5-23(20(11-19)13-37)27-17-50-33(40-27)44-15-22-14-42(8-9-43(22)34(44)47)16-26-28(32(46)48-2)29(24-6-4-21(36)12-25(24)35)41-30(39-26)31-38-7-10-49-31;1-18(44)19-3-5-20(6-4-19)25-14-37-32(39-25)43-16-22-15-41(10-11-42(22)33(43)46)17-26-27(31(45)47-2)28(23-8-7-21(35)13-24(23)34)40-29(38-26)30-36-9-12-48-30/h3-7,10-12,17,22,29H,8-9,14-16H2,1-2H3,(H,39,41);3-9,12-14,22,28H,10-11,15-17H2,1-2H3,(H,37,39)(H,38,40)/t22-,29-;22-,28-/m00/s1. The van der Waals surface area contributed by atoms with Crippen molar-refractivity contribution < 1.29 is 47.0 Å². The fourth-order valence-electron chi connectivity index (χ4n) is 12.6. The maximum Gasteiger partial charge on any atom is 0.338 e. The first-order chi connectivity index (χ1) is 47.3. The number of esters is 2. The fourth-order valence-corrected chi connectivity index (χ4v) is 15.2. The van der Waals surface area contributed by atoms with Crippen molar-refractivity contribution in [1.82, 2.24) is 55.2 Å². The summed E-state index contributed by atoms with van der Waals surface area (Å²) in [5.74, 6) is -0.997. The number of amides is 4. The van der Waals surface area contributed by atoms with Gasteiger partial charge >= 0.3 is 24.0 Å². The summed E-state index contributed by atoms with van der Waals surface area (Å²) in [5, 5.41) is 23.8. The Balaban J connectivity index is 0.000000177. The highest BCUT2D eigenvalue weighted by molar-refractivity contribution is 7.14. The lowest BCUT2D eigenvalue weighted by atomic mass is 9.95. The van der Waals surface area contributed by atoms with Gasteiger partial charge in [-0.15, -0.1) is 34.0 Å². The Morgan fingerprint density at radius 3 is 1.66 bits per heavy atom. The summed E-state index contributed by atoms with van der Waals surface area (Å²) in [5.41, 5.74) is 6.64. The van der Waals surface area contributed by atoms with Crippen LogP contribution in [-0.2, 0) is 19.1 Å². The number of nitriles is 1. The third-order valence-corrected chi connectivity index (χ3v) is 20.5. The molecule has 31 heteroatoms. The molecule has 0 radical (unpaired) electrons. The summed E-state index contributed by atoms with van der Waals surface area (Å²) in [6.07, 6.45) is 5.00. The first kappa shape index (κ1) is 66.7. The van der Waals surface area contributed by atoms with Gasteiger partial charge in [-0.25, -0.2) is 47.9 Å². The van der Waals surface area contributed by atoms with Crippen LogP contribution in [0.25, 0.3) is 22.5 Å². The lowest BCUT2D eigenvalue weighted by Gasteiger charge is -2.38. The summed E-state index contributed by atoms with van der Waals surface area (Å²) in [4.78, 5) is 119. The summed E-state index contributed by atoms with van der Waals surface area (Å²) in [7, 11) is 2.59. The maximum absolute atomic E-state index is 14.0. The molecule has 4 aromatic carbocycles. The van der Waals surface area contributed by atoms with Crippen LogP contribution in [0.2, 0.25) is 10.0 Å². The predicted octanol–water partition coefficient (Wildman–Crippen LogP) is 9.95. The number of aromatic amines is 1. The van der Waals surface area contributed by atoms with Crippen LogP contribution < -0.4 is 20.4 Å². The van der Waals surface area contributed by atoms with Crippen LogP contribution in [0.5, 0.6) is 0 Å². The van der Waals surface area contributed by atoms with Crippen molar-refractivity contribution in [2.45, 2.75) is 38.0 Å². The number of urea groups is 2. The summed E-state index contributed by atoms with van der Waals surface area (Å²) in [6.45, 7) is 7.45. The number of imidazole rings is 1. The van der Waals surface area contributed by atoms with Gasteiger partial charge in [-0.3, -0.25) is 39.2 Å². The molecule has 8 aromatic rings. The Morgan fingerprint density at radius 1 is 0.653 bits per heavy atom. The van der Waals surface area contributed by atoms with Crippen molar-refractivity contribution in [2.75, 3.05) is 89.5 Å². The molecule has 0 bridgehead atoms. The zero-order chi connectivity index (χ0) is 68.6. The normalized spacial score (nSPS) is 19.4. The molecule has 24 nitrogen and oxygen atoms in total. The van der Waals surface area contributed by atoms with Gasteiger partial charge in [0.2, 0.25) is 5.95 Å². The number of hydrogen-bond acceptors (Lipinski definition) is 22. The van der Waals surface area contributed by atoms with E-state index in [1.807, 2.05) is 32.7 Å². The van der Waals surface area contributed by atoms with E-state index in [4.69, 9.17) is 47.6 Å². The van der Waals surface area contributed by atoms with Gasteiger partial charge in [0, 0.05) is 130 Å². The number of methoxy groups -OCH3 is 2. The third kappa shape index (κ3) is 13.5. The first-order valence-electron chi connectivity index (χ1n) is 30.6. The molecular formula is C67H58Cl2F2N16O8S3. The van der Waals surface area contributed by atoms with Crippen LogP contribution in [0.15, 0.2) is 146 Å². The third-order valence-electron chi connectivity index (χ3n) is 17.4. The number of thiazole rings is 3. The molecule has 4 aromatic heterocycles. The molecule has 98 heavy (non-hydrogen) atoms. The highest BCUT2D eigenvalue weighted by Gasteiger charge is 2.46. The van der Waals surface area contributed by atoms with Crippen molar-refractivity contribution in [3.63, 3.8) is 0 Å². The molecule has 6 aliphatic rings. The molecule has 500 valence electrons. The number of piperazine rings is 2. The van der Waals surface area contributed by atoms with Gasteiger partial charge in [-0.05, 0) is 49.7 Å². The number of hydrogen-bond donors (Lipinski definition) is 3. The number of benzene rings is 4. The van der Waals surface area contributed by atoms with E-state index in [0.717, 1.165) is 11.3 Å². The number of aromatic nitrogens is 5. The van der Waals surface area contributed by atoms with Crippen molar-refractivity contribution in [1.29, 1.82) is 5.26 Å². The summed E-state index contributed by atoms with van der Waals surface area (Å²) in [6, 6.07) is 19.9. The van der Waals surface area contributed by atoms with Crippen molar-refractivity contribution in [2.24, 2.45) is 9.98 Å². The first-order valence-corrected chi connectivity index (χ1v) is 34.0. The Labute approximate surface area is 581 Å². The zero-order valence-electron chi connectivity index (χ0n) is 52.7. The van der Waals surface area contributed by atoms with Gasteiger partial charge in [0.15, 0.2) is 38.4 Å². The lowest BCUT2D eigenvalue weighted by molar-refractivity contribution is -0.137. The number of rotatable bonds is 16. The number of carbonyl (C=O) groups is 6. The van der Waals surface area contributed by atoms with E-state index in [0.29, 0.717) is 149 Å². The number of H-pyrrole nitrogens is 1. The second kappa shape index (κ2) is 28.3. The quantitative estimate of drug-likeness (QED) is 0.0599. The monoisotopic (exact) mass is 1420 g/mol. The molecule has 4 saturated heterocycles. The van der Waals surface area contributed by atoms with Crippen LogP contribution in [0.4, 0.5) is 29.4 Å².